The van der Waals surface area contributed by atoms with Gasteiger partial charge in [-0.25, -0.2) is 14.4 Å². The van der Waals surface area contributed by atoms with E-state index in [1.165, 1.54) is 7.11 Å². The quantitative estimate of drug-likeness (QED) is 0.0994. The van der Waals surface area contributed by atoms with Gasteiger partial charge in [0.15, 0.2) is 0 Å². The monoisotopic (exact) mass is 617 g/mol. The van der Waals surface area contributed by atoms with Crippen molar-refractivity contribution in [3.63, 3.8) is 0 Å². The number of hydrogen-bond donors (Lipinski definition) is 6. The van der Waals surface area contributed by atoms with Crippen LogP contribution in [0, 0.1) is 10.8 Å². The van der Waals surface area contributed by atoms with Gasteiger partial charge in [-0.2, -0.15) is 26.3 Å². The van der Waals surface area contributed by atoms with Gasteiger partial charge in [-0.15, -0.1) is 0 Å². The number of nitrogen functional groups attached to an aromatic ring is 2. The van der Waals surface area contributed by atoms with Crippen LogP contribution in [0.25, 0.3) is 0 Å². The van der Waals surface area contributed by atoms with Crippen molar-refractivity contribution in [2.45, 2.75) is 25.3 Å². The number of alkyl halides is 6. The van der Waals surface area contributed by atoms with Crippen LogP contribution in [-0.4, -0.2) is 63.8 Å². The molecule has 232 valence electrons. The molecule has 2 aromatic carbocycles. The summed E-state index contributed by atoms with van der Waals surface area (Å²) in [4.78, 5) is 30.0. The van der Waals surface area contributed by atoms with Crippen LogP contribution in [0.15, 0.2) is 60.9 Å². The molecule has 11 nitrogen and oxygen atoms in total. The Balaban J connectivity index is 0.000000548. The number of ether oxygens (including phenoxy) is 1. The number of methoxy groups -OCH3 is 1. The van der Waals surface area contributed by atoms with Gasteiger partial charge in [0.25, 0.3) is 0 Å². The topological polar surface area (TPSA) is 206 Å². The van der Waals surface area contributed by atoms with Gasteiger partial charge in [-0.3, -0.25) is 10.8 Å². The third-order valence-corrected chi connectivity index (χ3v) is 5.12. The number of hydrogen-bond acceptors (Lipinski definition) is 6. The molecule has 0 aliphatic rings. The van der Waals surface area contributed by atoms with E-state index >= 15 is 0 Å². The predicted octanol–water partition coefficient (Wildman–Crippen LogP) is 3.75. The van der Waals surface area contributed by atoms with Gasteiger partial charge >= 0.3 is 30.3 Å². The lowest BCUT2D eigenvalue weighted by Crippen LogP contribution is -2.21. The summed E-state index contributed by atoms with van der Waals surface area (Å²) in [5, 5.41) is 29.3. The minimum absolute atomic E-state index is 0.0179. The number of carbonyl (C=O) groups excluding carboxylic acids is 1. The van der Waals surface area contributed by atoms with E-state index < -0.39 is 30.3 Å². The van der Waals surface area contributed by atoms with E-state index in [0.29, 0.717) is 29.7 Å². The van der Waals surface area contributed by atoms with Crippen molar-refractivity contribution >= 4 is 29.6 Å². The molecule has 1 heterocycles. The molecular formula is C26H25F6N5O6. The molecule has 0 fully saturated rings. The maximum atomic E-state index is 12.3. The number of carbonyl (C=O) groups is 3. The molecule has 17 heteroatoms. The minimum atomic E-state index is -5.08. The lowest BCUT2D eigenvalue weighted by atomic mass is 10.0. The van der Waals surface area contributed by atoms with Crippen LogP contribution in [-0.2, 0) is 27.3 Å². The zero-order valence-electron chi connectivity index (χ0n) is 22.1. The number of nitrogens with two attached hydrogens (primary N) is 2. The average Bonchev–Trinajstić information content (AvgIpc) is 3.30. The van der Waals surface area contributed by atoms with E-state index in [1.807, 2.05) is 41.1 Å². The number of amidine groups is 2. The Morgan fingerprint density at radius 1 is 0.814 bits per heavy atom. The molecule has 1 aromatic heterocycles. The molecule has 8 N–H and O–H groups in total. The van der Waals surface area contributed by atoms with Crippen LogP contribution < -0.4 is 11.5 Å². The first-order valence-electron chi connectivity index (χ1n) is 11.5. The summed E-state index contributed by atoms with van der Waals surface area (Å²) in [7, 11) is 1.36. The Hall–Kier alpha value is -5.35. The van der Waals surface area contributed by atoms with E-state index in [-0.39, 0.29) is 11.7 Å². The maximum absolute atomic E-state index is 12.3. The third kappa shape index (κ3) is 12.0. The van der Waals surface area contributed by atoms with Crippen molar-refractivity contribution in [1.29, 1.82) is 10.8 Å². The van der Waals surface area contributed by atoms with E-state index in [0.717, 1.165) is 16.7 Å². The fourth-order valence-corrected chi connectivity index (χ4v) is 3.15. The highest BCUT2D eigenvalue weighted by molar-refractivity contribution is 5.95. The second-order valence-electron chi connectivity index (χ2n) is 8.37. The molecular weight excluding hydrogens is 592 g/mol. The number of carboxylic acid groups (broad SMARTS) is 2. The van der Waals surface area contributed by atoms with Crippen molar-refractivity contribution in [2.75, 3.05) is 7.11 Å². The first-order chi connectivity index (χ1) is 19.8. The molecule has 43 heavy (non-hydrogen) atoms. The van der Waals surface area contributed by atoms with Gasteiger partial charge in [0.05, 0.1) is 12.7 Å². The zero-order valence-corrected chi connectivity index (χ0v) is 22.1. The van der Waals surface area contributed by atoms with E-state index in [1.54, 1.807) is 24.4 Å². The number of aromatic nitrogens is 1. The Morgan fingerprint density at radius 3 is 1.72 bits per heavy atom. The molecule has 3 aromatic rings. The van der Waals surface area contributed by atoms with Crippen molar-refractivity contribution in [3.8, 4) is 0 Å². The highest BCUT2D eigenvalue weighted by Crippen LogP contribution is 2.19. The SMILES string of the molecule is COC(=O)c1cn(Cc2cccc(C(=N)N)c2)cc1Cc1ccc(C(=N)N)cc1.O=C(O)C(F)(F)F.O=C(O)C(F)(F)F. The van der Waals surface area contributed by atoms with Crippen molar-refractivity contribution in [2.24, 2.45) is 11.5 Å². The van der Waals surface area contributed by atoms with Gasteiger partial charge in [-0.05, 0) is 29.2 Å². The summed E-state index contributed by atoms with van der Waals surface area (Å²) < 4.78 is 70.3. The third-order valence-electron chi connectivity index (χ3n) is 5.12. The molecule has 3 rings (SSSR count). The number of carboxylic acids is 2. The van der Waals surface area contributed by atoms with Crippen LogP contribution >= 0.6 is 0 Å². The Morgan fingerprint density at radius 2 is 1.30 bits per heavy atom. The average molecular weight is 618 g/mol. The number of nitrogens with zero attached hydrogens (tertiary/aromatic N) is 1. The lowest BCUT2D eigenvalue weighted by Gasteiger charge is -2.06. The number of nitrogens with one attached hydrogen (secondary N) is 2. The van der Waals surface area contributed by atoms with E-state index in [9.17, 15) is 31.1 Å². The minimum Gasteiger partial charge on any atom is -0.475 e. The van der Waals surface area contributed by atoms with Gasteiger partial charge in [0.2, 0.25) is 0 Å². The summed E-state index contributed by atoms with van der Waals surface area (Å²) in [5.41, 5.74) is 15.7. The van der Waals surface area contributed by atoms with Crippen LogP contribution in [0.5, 0.6) is 0 Å². The molecule has 0 unspecified atom stereocenters. The van der Waals surface area contributed by atoms with Crippen molar-refractivity contribution < 1.29 is 55.7 Å². The van der Waals surface area contributed by atoms with Crippen molar-refractivity contribution in [1.82, 2.24) is 4.57 Å². The molecule has 0 atom stereocenters. The van der Waals surface area contributed by atoms with Gasteiger partial charge in [0.1, 0.15) is 11.7 Å². The normalized spacial score (nSPS) is 10.8. The number of halogens is 6. The Labute approximate surface area is 239 Å². The largest absolute Gasteiger partial charge is 0.490 e. The molecule has 0 spiro atoms. The predicted molar refractivity (Wildman–Crippen MR) is 140 cm³/mol. The van der Waals surface area contributed by atoms with Gasteiger partial charge in [-0.1, -0.05) is 42.5 Å². The van der Waals surface area contributed by atoms with Gasteiger partial charge in [0, 0.05) is 30.1 Å². The van der Waals surface area contributed by atoms with Crippen LogP contribution in [0.4, 0.5) is 26.3 Å². The van der Waals surface area contributed by atoms with E-state index in [2.05, 4.69) is 0 Å². The standard InChI is InChI=1S/C22H23N5O2.2C2HF3O2/c1-29-22(28)19-13-27(11-15-3-2-4-17(10-15)21(25)26)12-18(19)9-14-5-7-16(8-6-14)20(23)24;2*3-2(4,5)1(6)7/h2-8,10,12-13H,9,11H2,1H3,(H3,23,24)(H3,25,26);2*(H,6,7). The molecule has 0 aliphatic heterocycles. The first-order valence-corrected chi connectivity index (χ1v) is 11.5. The van der Waals surface area contributed by atoms with Crippen molar-refractivity contribution in [3.05, 3.63) is 94.3 Å². The first kappa shape index (κ1) is 35.7. The van der Waals surface area contributed by atoms with E-state index in [4.69, 9.17) is 46.8 Å². The lowest BCUT2D eigenvalue weighted by molar-refractivity contribution is -0.193. The number of esters is 1. The smallest absolute Gasteiger partial charge is 0.475 e. The summed E-state index contributed by atoms with van der Waals surface area (Å²) in [6.07, 6.45) is -5.93. The fourth-order valence-electron chi connectivity index (χ4n) is 3.15. The molecule has 0 bridgehead atoms. The summed E-state index contributed by atoms with van der Waals surface area (Å²) in [6.45, 7) is 0.536. The molecule has 0 amide bonds. The second kappa shape index (κ2) is 15.0. The maximum Gasteiger partial charge on any atom is 0.490 e. The molecule has 0 saturated heterocycles. The number of benzene rings is 2. The van der Waals surface area contributed by atoms with Gasteiger partial charge < -0.3 is 31.0 Å². The number of aliphatic carboxylic acids is 2. The number of rotatable bonds is 7. The highest BCUT2D eigenvalue weighted by Gasteiger charge is 2.38. The van der Waals surface area contributed by atoms with Crippen LogP contribution in [0.3, 0.4) is 0 Å². The molecule has 0 radical (unpaired) electrons. The summed E-state index contributed by atoms with van der Waals surface area (Å²) in [5.74, 6) is -5.87. The fraction of sp³-hybridized carbons (Fsp3) is 0.192. The Kier molecular flexibility index (Phi) is 12.5. The van der Waals surface area contributed by atoms with Crippen LogP contribution in [0.1, 0.15) is 38.2 Å². The molecule has 0 aliphatic carbocycles. The Bertz CT molecular complexity index is 1440. The summed E-state index contributed by atoms with van der Waals surface area (Å²) >= 11 is 0. The van der Waals surface area contributed by atoms with Crippen LogP contribution in [0.2, 0.25) is 0 Å². The molecule has 0 saturated carbocycles. The highest BCUT2D eigenvalue weighted by atomic mass is 19.4. The second-order valence-corrected chi connectivity index (χ2v) is 8.37. The summed E-state index contributed by atoms with van der Waals surface area (Å²) in [6, 6.07) is 14.8. The zero-order chi connectivity index (χ0) is 33.1.